The van der Waals surface area contributed by atoms with E-state index < -0.39 is 0 Å². The molecular formula is C12H10BrN5S. The van der Waals surface area contributed by atoms with Crippen LogP contribution in [-0.2, 0) is 0 Å². The molecule has 0 unspecified atom stereocenters. The van der Waals surface area contributed by atoms with E-state index in [0.29, 0.717) is 5.17 Å². The number of nitriles is 1. The number of amidine groups is 1. The van der Waals surface area contributed by atoms with E-state index in [9.17, 15) is 0 Å². The summed E-state index contributed by atoms with van der Waals surface area (Å²) in [6.45, 7) is 0. The first kappa shape index (κ1) is 13.6. The summed E-state index contributed by atoms with van der Waals surface area (Å²) in [7, 11) is 0. The molecule has 0 atom stereocenters. The molecule has 0 bridgehead atoms. The summed E-state index contributed by atoms with van der Waals surface area (Å²) < 4.78 is 2.69. The monoisotopic (exact) mass is 335 g/mol. The minimum atomic E-state index is 0.567. The van der Waals surface area contributed by atoms with Crippen molar-refractivity contribution in [3.8, 4) is 11.9 Å². The molecule has 0 aliphatic heterocycles. The molecule has 1 aromatic heterocycles. The van der Waals surface area contributed by atoms with Crippen molar-refractivity contribution < 1.29 is 0 Å². The number of thioether (sulfide) groups is 1. The van der Waals surface area contributed by atoms with Crippen LogP contribution in [0.1, 0.15) is 0 Å². The second-order valence-electron chi connectivity index (χ2n) is 3.48. The van der Waals surface area contributed by atoms with E-state index in [4.69, 9.17) is 5.26 Å². The summed E-state index contributed by atoms with van der Waals surface area (Å²) >= 11 is 4.74. The number of aliphatic imine (C=N–C) groups is 1. The van der Waals surface area contributed by atoms with Gasteiger partial charge in [0.2, 0.25) is 0 Å². The summed E-state index contributed by atoms with van der Waals surface area (Å²) in [5.41, 5.74) is 1.73. The molecule has 0 saturated heterocycles. The Hall–Kier alpha value is -1.78. The molecule has 0 radical (unpaired) electrons. The van der Waals surface area contributed by atoms with E-state index in [0.717, 1.165) is 15.8 Å². The highest BCUT2D eigenvalue weighted by atomic mass is 79.9. The zero-order chi connectivity index (χ0) is 13.7. The number of aromatic nitrogens is 2. The lowest BCUT2D eigenvalue weighted by Gasteiger charge is -2.02. The van der Waals surface area contributed by atoms with E-state index in [1.54, 1.807) is 10.9 Å². The van der Waals surface area contributed by atoms with Crippen LogP contribution in [0.3, 0.4) is 0 Å². The molecule has 2 aromatic rings. The number of halogens is 1. The van der Waals surface area contributed by atoms with Crippen molar-refractivity contribution in [1.82, 2.24) is 15.1 Å². The predicted molar refractivity (Wildman–Crippen MR) is 80.6 cm³/mol. The van der Waals surface area contributed by atoms with Crippen LogP contribution in [0, 0.1) is 11.5 Å². The van der Waals surface area contributed by atoms with Gasteiger partial charge >= 0.3 is 0 Å². The lowest BCUT2D eigenvalue weighted by atomic mass is 10.3. The summed E-state index contributed by atoms with van der Waals surface area (Å²) in [5.74, 6) is 0. The van der Waals surface area contributed by atoms with Crippen molar-refractivity contribution >= 4 is 38.5 Å². The second-order valence-corrected chi connectivity index (χ2v) is 5.19. The van der Waals surface area contributed by atoms with Crippen LogP contribution in [0.25, 0.3) is 5.69 Å². The number of nitrogens with one attached hydrogen (secondary N) is 1. The third-order valence-corrected chi connectivity index (χ3v) is 3.24. The fourth-order valence-electron chi connectivity index (χ4n) is 1.41. The summed E-state index contributed by atoms with van der Waals surface area (Å²) in [4.78, 5) is 4.31. The lowest BCUT2D eigenvalue weighted by Crippen LogP contribution is -2.12. The molecular weight excluding hydrogens is 326 g/mol. The normalized spacial score (nSPS) is 11.1. The van der Waals surface area contributed by atoms with Gasteiger partial charge in [0.15, 0.2) is 11.4 Å². The average Bonchev–Trinajstić information content (AvgIpc) is 2.86. The molecule has 0 fully saturated rings. The summed E-state index contributed by atoms with van der Waals surface area (Å²) in [5, 5.41) is 15.9. The van der Waals surface area contributed by atoms with Crippen LogP contribution >= 0.6 is 27.7 Å². The molecule has 0 aliphatic carbocycles. The highest BCUT2D eigenvalue weighted by Gasteiger charge is 2.00. The smallest absolute Gasteiger partial charge is 0.183 e. The van der Waals surface area contributed by atoms with Gasteiger partial charge in [0, 0.05) is 6.20 Å². The molecule has 0 amide bonds. The van der Waals surface area contributed by atoms with Gasteiger partial charge in [-0.05, 0) is 46.5 Å². The maximum Gasteiger partial charge on any atom is 0.183 e. The van der Waals surface area contributed by atoms with Gasteiger partial charge in [-0.2, -0.15) is 10.4 Å². The Labute approximate surface area is 123 Å². The van der Waals surface area contributed by atoms with Crippen LogP contribution in [0.15, 0.2) is 46.1 Å². The SMILES string of the molecule is CSC(=Nc1ccc(-n2cc(Br)cn2)cc1)NC#N. The van der Waals surface area contributed by atoms with Crippen molar-refractivity contribution in [2.75, 3.05) is 6.26 Å². The maximum absolute atomic E-state index is 8.57. The third-order valence-electron chi connectivity index (χ3n) is 2.25. The molecule has 0 aliphatic rings. The van der Waals surface area contributed by atoms with Gasteiger partial charge in [-0.15, -0.1) is 0 Å². The number of hydrogen-bond acceptors (Lipinski definition) is 4. The molecule has 0 saturated carbocycles. The van der Waals surface area contributed by atoms with Gasteiger partial charge in [-0.1, -0.05) is 11.8 Å². The fraction of sp³-hybridized carbons (Fsp3) is 0.0833. The van der Waals surface area contributed by atoms with Gasteiger partial charge in [-0.3, -0.25) is 5.32 Å². The van der Waals surface area contributed by atoms with Crippen molar-refractivity contribution in [3.05, 3.63) is 41.1 Å². The molecule has 2 rings (SSSR count). The molecule has 1 aromatic carbocycles. The molecule has 0 spiro atoms. The standard InChI is InChI=1S/C12H10BrN5S/c1-19-12(15-8-14)17-10-2-4-11(5-3-10)18-7-9(13)6-16-18/h2-7H,1H3,(H,15,17). The van der Waals surface area contributed by atoms with Crippen LogP contribution < -0.4 is 5.32 Å². The number of nitrogens with zero attached hydrogens (tertiary/aromatic N) is 4. The molecule has 1 N–H and O–H groups in total. The first-order chi connectivity index (χ1) is 9.22. The van der Waals surface area contributed by atoms with E-state index in [1.165, 1.54) is 11.8 Å². The van der Waals surface area contributed by atoms with E-state index in [2.05, 4.69) is 31.3 Å². The Bertz CT molecular complexity index is 626. The summed E-state index contributed by atoms with van der Waals surface area (Å²) in [6, 6.07) is 7.59. The minimum absolute atomic E-state index is 0.567. The summed E-state index contributed by atoms with van der Waals surface area (Å²) in [6.07, 6.45) is 7.33. The van der Waals surface area contributed by atoms with Crippen LogP contribution in [0.5, 0.6) is 0 Å². The zero-order valence-corrected chi connectivity index (χ0v) is 12.4. The Morgan fingerprint density at radius 1 is 1.47 bits per heavy atom. The second kappa shape index (κ2) is 6.41. The van der Waals surface area contributed by atoms with E-state index in [-0.39, 0.29) is 0 Å². The number of hydrogen-bond donors (Lipinski definition) is 1. The molecule has 1 heterocycles. The van der Waals surface area contributed by atoms with Crippen LogP contribution in [0.4, 0.5) is 5.69 Å². The Kier molecular flexibility index (Phi) is 4.60. The molecule has 19 heavy (non-hydrogen) atoms. The van der Waals surface area contributed by atoms with Gasteiger partial charge in [0.25, 0.3) is 0 Å². The Balaban J connectivity index is 2.21. The fourth-order valence-corrected chi connectivity index (χ4v) is 2.04. The molecule has 96 valence electrons. The van der Waals surface area contributed by atoms with Crippen molar-refractivity contribution in [2.24, 2.45) is 4.99 Å². The first-order valence-corrected chi connectivity index (χ1v) is 7.33. The van der Waals surface area contributed by atoms with Gasteiger partial charge < -0.3 is 0 Å². The van der Waals surface area contributed by atoms with Crippen LogP contribution in [-0.4, -0.2) is 21.2 Å². The third kappa shape index (κ3) is 3.59. The molecule has 5 nitrogen and oxygen atoms in total. The highest BCUT2D eigenvalue weighted by molar-refractivity contribution is 9.10. The highest BCUT2D eigenvalue weighted by Crippen LogP contribution is 2.18. The van der Waals surface area contributed by atoms with E-state index in [1.807, 2.05) is 42.9 Å². The quantitative estimate of drug-likeness (QED) is 0.396. The van der Waals surface area contributed by atoms with Crippen molar-refractivity contribution in [3.63, 3.8) is 0 Å². The largest absolute Gasteiger partial charge is 0.271 e. The average molecular weight is 336 g/mol. The predicted octanol–water partition coefficient (Wildman–Crippen LogP) is 3.06. The Morgan fingerprint density at radius 2 is 2.21 bits per heavy atom. The van der Waals surface area contributed by atoms with Gasteiger partial charge in [0.1, 0.15) is 0 Å². The Morgan fingerprint density at radius 3 is 2.74 bits per heavy atom. The number of rotatable bonds is 2. The lowest BCUT2D eigenvalue weighted by molar-refractivity contribution is 0.880. The maximum atomic E-state index is 8.57. The van der Waals surface area contributed by atoms with Crippen LogP contribution in [0.2, 0.25) is 0 Å². The number of benzene rings is 1. The minimum Gasteiger partial charge on any atom is -0.271 e. The van der Waals surface area contributed by atoms with Gasteiger partial charge in [0.05, 0.1) is 22.0 Å². The topological polar surface area (TPSA) is 66.0 Å². The van der Waals surface area contributed by atoms with E-state index >= 15 is 0 Å². The van der Waals surface area contributed by atoms with Crippen molar-refractivity contribution in [1.29, 1.82) is 5.26 Å². The first-order valence-electron chi connectivity index (χ1n) is 5.31. The zero-order valence-electron chi connectivity index (χ0n) is 10.0. The van der Waals surface area contributed by atoms with Gasteiger partial charge in [-0.25, -0.2) is 9.67 Å². The van der Waals surface area contributed by atoms with Crippen molar-refractivity contribution in [2.45, 2.75) is 0 Å². The molecule has 7 heteroatoms.